The van der Waals surface area contributed by atoms with Gasteiger partial charge in [0.1, 0.15) is 0 Å². The van der Waals surface area contributed by atoms with Crippen LogP contribution in [0, 0.1) is 0 Å². The first kappa shape index (κ1) is 9.87. The van der Waals surface area contributed by atoms with E-state index in [2.05, 4.69) is 0 Å². The fourth-order valence-electron chi connectivity index (χ4n) is 0.382. The smallest absolute Gasteiger partial charge is 0.216 e. The zero-order valence-corrected chi connectivity index (χ0v) is 7.57. The van der Waals surface area contributed by atoms with E-state index < -0.39 is 15.7 Å². The second kappa shape index (κ2) is 2.48. The molecule has 10 heavy (non-hydrogen) atoms. The number of rotatable bonds is 1. The average molecular weight is 166 g/mol. The van der Waals surface area contributed by atoms with Gasteiger partial charge < -0.3 is 0 Å². The summed E-state index contributed by atoms with van der Waals surface area (Å²) in [5.41, 5.74) is -0.437. The van der Waals surface area contributed by atoms with Crippen molar-refractivity contribution in [1.82, 2.24) is 4.31 Å². The Morgan fingerprint density at radius 3 is 1.60 bits per heavy atom. The van der Waals surface area contributed by atoms with Crippen LogP contribution in [0.2, 0.25) is 0 Å². The third kappa shape index (κ3) is 2.64. The molecule has 0 saturated heterocycles. The summed E-state index contributed by atoms with van der Waals surface area (Å²) in [5, 5.41) is 4.86. The normalized spacial score (nSPS) is 14.2. The molecular formula is C5H14N2O2S. The van der Waals surface area contributed by atoms with Gasteiger partial charge in [-0.2, -0.15) is 12.7 Å². The average Bonchev–Trinajstić information content (AvgIpc) is 1.59. The van der Waals surface area contributed by atoms with Crippen molar-refractivity contribution >= 4 is 10.2 Å². The Morgan fingerprint density at radius 1 is 1.30 bits per heavy atom. The molecule has 0 spiro atoms. The van der Waals surface area contributed by atoms with Crippen LogP contribution in [0.3, 0.4) is 0 Å². The molecule has 0 aliphatic rings. The molecule has 0 radical (unpaired) electrons. The molecule has 0 rings (SSSR count). The van der Waals surface area contributed by atoms with Crippen LogP contribution in [0.25, 0.3) is 0 Å². The van der Waals surface area contributed by atoms with Crippen LogP contribution in [-0.2, 0) is 10.2 Å². The summed E-state index contributed by atoms with van der Waals surface area (Å²) in [5.74, 6) is 0. The SMILES string of the molecule is CN(C(C)(C)C)S(N)(=O)=O. The fourth-order valence-corrected chi connectivity index (χ4v) is 1.15. The lowest BCUT2D eigenvalue weighted by molar-refractivity contribution is 0.292. The van der Waals surface area contributed by atoms with E-state index in [0.29, 0.717) is 0 Å². The van der Waals surface area contributed by atoms with Crippen molar-refractivity contribution in [2.24, 2.45) is 5.14 Å². The van der Waals surface area contributed by atoms with Gasteiger partial charge >= 0.3 is 0 Å². The van der Waals surface area contributed by atoms with Crippen molar-refractivity contribution < 1.29 is 8.42 Å². The van der Waals surface area contributed by atoms with Gasteiger partial charge in [-0.15, -0.1) is 0 Å². The molecule has 0 atom stereocenters. The fraction of sp³-hybridized carbons (Fsp3) is 1.00. The van der Waals surface area contributed by atoms with Crippen molar-refractivity contribution in [3.63, 3.8) is 0 Å². The van der Waals surface area contributed by atoms with Crippen molar-refractivity contribution in [2.75, 3.05) is 7.05 Å². The van der Waals surface area contributed by atoms with E-state index in [0.717, 1.165) is 4.31 Å². The van der Waals surface area contributed by atoms with Crippen LogP contribution >= 0.6 is 0 Å². The Bertz CT molecular complexity index is 202. The van der Waals surface area contributed by atoms with Crippen LogP contribution in [0.1, 0.15) is 20.8 Å². The summed E-state index contributed by atoms with van der Waals surface area (Å²) >= 11 is 0. The van der Waals surface area contributed by atoms with Gasteiger partial charge in [0.05, 0.1) is 0 Å². The Labute approximate surface area is 62.2 Å². The molecule has 0 aromatic rings. The van der Waals surface area contributed by atoms with Gasteiger partial charge in [-0.05, 0) is 20.8 Å². The maximum Gasteiger partial charge on any atom is 0.277 e. The van der Waals surface area contributed by atoms with E-state index in [9.17, 15) is 8.42 Å². The third-order valence-electron chi connectivity index (χ3n) is 1.33. The molecule has 0 aliphatic carbocycles. The number of nitrogens with two attached hydrogens (primary N) is 1. The molecule has 0 unspecified atom stereocenters. The molecule has 5 heteroatoms. The van der Waals surface area contributed by atoms with Gasteiger partial charge in [-0.25, -0.2) is 5.14 Å². The lowest BCUT2D eigenvalue weighted by Gasteiger charge is -2.28. The second-order valence-electron chi connectivity index (χ2n) is 3.18. The Morgan fingerprint density at radius 2 is 1.60 bits per heavy atom. The summed E-state index contributed by atoms with van der Waals surface area (Å²) in [7, 11) is -2.07. The zero-order valence-electron chi connectivity index (χ0n) is 6.75. The largest absolute Gasteiger partial charge is 0.277 e. The van der Waals surface area contributed by atoms with Gasteiger partial charge in [0.15, 0.2) is 0 Å². The van der Waals surface area contributed by atoms with Crippen LogP contribution in [0.4, 0.5) is 0 Å². The predicted octanol–water partition coefficient (Wildman–Crippen LogP) is -0.0798. The molecular weight excluding hydrogens is 152 g/mol. The lowest BCUT2D eigenvalue weighted by atomic mass is 10.1. The number of hydrogen-bond acceptors (Lipinski definition) is 2. The van der Waals surface area contributed by atoms with Crippen molar-refractivity contribution in [3.8, 4) is 0 Å². The topological polar surface area (TPSA) is 63.4 Å². The van der Waals surface area contributed by atoms with E-state index in [1.165, 1.54) is 7.05 Å². The van der Waals surface area contributed by atoms with E-state index in [1.54, 1.807) is 20.8 Å². The molecule has 0 aliphatic heterocycles. The molecule has 0 aromatic heterocycles. The minimum absolute atomic E-state index is 0.437. The highest BCUT2D eigenvalue weighted by Crippen LogP contribution is 2.11. The van der Waals surface area contributed by atoms with Crippen LogP contribution < -0.4 is 5.14 Å². The van der Waals surface area contributed by atoms with E-state index >= 15 is 0 Å². The first-order valence-electron chi connectivity index (χ1n) is 2.92. The first-order chi connectivity index (χ1) is 4.15. The molecule has 2 N–H and O–H groups in total. The monoisotopic (exact) mass is 166 g/mol. The van der Waals surface area contributed by atoms with E-state index in [4.69, 9.17) is 5.14 Å². The Hall–Kier alpha value is -0.130. The van der Waals surface area contributed by atoms with Crippen LogP contribution in [-0.4, -0.2) is 25.3 Å². The van der Waals surface area contributed by atoms with Crippen molar-refractivity contribution in [3.05, 3.63) is 0 Å². The minimum atomic E-state index is -3.53. The summed E-state index contributed by atoms with van der Waals surface area (Å²) in [6, 6.07) is 0. The molecule has 62 valence electrons. The molecule has 4 nitrogen and oxygen atoms in total. The molecule has 0 bridgehead atoms. The lowest BCUT2D eigenvalue weighted by Crippen LogP contribution is -2.45. The summed E-state index contributed by atoms with van der Waals surface area (Å²) < 4.78 is 22.5. The third-order valence-corrected chi connectivity index (χ3v) is 2.64. The standard InChI is InChI=1S/C5H14N2O2S/c1-5(2,3)7(4)10(6,8)9/h1-4H3,(H2,6,8,9). The van der Waals surface area contributed by atoms with E-state index in [1.807, 2.05) is 0 Å². The molecule has 0 heterocycles. The van der Waals surface area contributed by atoms with Crippen LogP contribution in [0.5, 0.6) is 0 Å². The first-order valence-corrected chi connectivity index (χ1v) is 4.43. The minimum Gasteiger partial charge on any atom is -0.216 e. The summed E-state index contributed by atoms with van der Waals surface area (Å²) in [6.45, 7) is 5.33. The highest BCUT2D eigenvalue weighted by Gasteiger charge is 2.25. The van der Waals surface area contributed by atoms with E-state index in [-0.39, 0.29) is 0 Å². The summed E-state index contributed by atoms with van der Waals surface area (Å²) in [4.78, 5) is 0. The van der Waals surface area contributed by atoms with Gasteiger partial charge in [0, 0.05) is 12.6 Å². The Kier molecular flexibility index (Phi) is 2.45. The van der Waals surface area contributed by atoms with Crippen molar-refractivity contribution in [2.45, 2.75) is 26.3 Å². The molecule has 0 fully saturated rings. The Balaban J connectivity index is 4.56. The maximum atomic E-state index is 10.7. The predicted molar refractivity (Wildman–Crippen MR) is 40.6 cm³/mol. The van der Waals surface area contributed by atoms with Crippen LogP contribution in [0.15, 0.2) is 0 Å². The second-order valence-corrected chi connectivity index (χ2v) is 4.76. The van der Waals surface area contributed by atoms with Gasteiger partial charge in [0.2, 0.25) is 0 Å². The summed E-state index contributed by atoms with van der Waals surface area (Å²) in [6.07, 6.45) is 0. The molecule has 0 aromatic carbocycles. The maximum absolute atomic E-state index is 10.7. The van der Waals surface area contributed by atoms with Gasteiger partial charge in [0.25, 0.3) is 10.2 Å². The number of hydrogen-bond donors (Lipinski definition) is 1. The number of nitrogens with zero attached hydrogens (tertiary/aromatic N) is 1. The van der Waals surface area contributed by atoms with Gasteiger partial charge in [-0.3, -0.25) is 0 Å². The molecule has 0 amide bonds. The van der Waals surface area contributed by atoms with Crippen molar-refractivity contribution in [1.29, 1.82) is 0 Å². The molecule has 0 saturated carbocycles. The highest BCUT2D eigenvalue weighted by atomic mass is 32.2. The zero-order chi connectivity index (χ0) is 8.58. The van der Waals surface area contributed by atoms with Gasteiger partial charge in [-0.1, -0.05) is 0 Å². The quantitative estimate of drug-likeness (QED) is 0.592. The highest BCUT2D eigenvalue weighted by molar-refractivity contribution is 7.86.